The summed E-state index contributed by atoms with van der Waals surface area (Å²) >= 11 is 0. The minimum Gasteiger partial charge on any atom is -0.496 e. The summed E-state index contributed by atoms with van der Waals surface area (Å²) in [5, 5.41) is 0. The number of nitrogens with two attached hydrogens (primary N) is 1. The molecular weight excluding hydrogens is 226 g/mol. The van der Waals surface area contributed by atoms with Gasteiger partial charge in [0.25, 0.3) is 0 Å². The van der Waals surface area contributed by atoms with Crippen LogP contribution >= 0.6 is 0 Å². The van der Waals surface area contributed by atoms with Gasteiger partial charge in [0.05, 0.1) is 19.4 Å². The highest BCUT2D eigenvalue weighted by molar-refractivity contribution is 5.45. The lowest BCUT2D eigenvalue weighted by molar-refractivity contribution is 0.411. The Morgan fingerprint density at radius 3 is 2.39 bits per heavy atom. The van der Waals surface area contributed by atoms with Crippen LogP contribution in [0.1, 0.15) is 34.1 Å². The molecule has 18 heavy (non-hydrogen) atoms. The molecule has 0 saturated heterocycles. The molecule has 3 nitrogen and oxygen atoms in total. The van der Waals surface area contributed by atoms with Gasteiger partial charge in [-0.25, -0.2) is 0 Å². The minimum absolute atomic E-state index is 0.232. The molecule has 0 bridgehead atoms. The zero-order valence-electron chi connectivity index (χ0n) is 11.3. The third-order valence-electron chi connectivity index (χ3n) is 3.30. The maximum absolute atomic E-state index is 6.29. The van der Waals surface area contributed by atoms with Crippen LogP contribution in [-0.2, 0) is 0 Å². The highest BCUT2D eigenvalue weighted by Crippen LogP contribution is 2.30. The van der Waals surface area contributed by atoms with Gasteiger partial charge in [-0.3, -0.25) is 0 Å². The Hall–Kier alpha value is -1.74. The predicted octanol–water partition coefficient (Wildman–Crippen LogP) is 3.26. The van der Waals surface area contributed by atoms with Crippen molar-refractivity contribution in [3.8, 4) is 5.75 Å². The first-order valence-corrected chi connectivity index (χ1v) is 5.99. The molecule has 0 saturated carbocycles. The molecule has 1 aromatic heterocycles. The molecule has 1 aromatic carbocycles. The Kier molecular flexibility index (Phi) is 3.43. The fourth-order valence-corrected chi connectivity index (χ4v) is 2.21. The Labute approximate surface area is 108 Å². The lowest BCUT2D eigenvalue weighted by Crippen LogP contribution is -2.14. The van der Waals surface area contributed by atoms with Crippen LogP contribution in [-0.4, -0.2) is 7.11 Å². The van der Waals surface area contributed by atoms with Crippen LogP contribution < -0.4 is 10.5 Å². The molecule has 0 fully saturated rings. The monoisotopic (exact) mass is 245 g/mol. The Bertz CT molecular complexity index is 558. The summed E-state index contributed by atoms with van der Waals surface area (Å²) in [5.41, 5.74) is 10.6. The topological polar surface area (TPSA) is 48.4 Å². The van der Waals surface area contributed by atoms with E-state index in [0.717, 1.165) is 33.8 Å². The minimum atomic E-state index is -0.232. The van der Waals surface area contributed by atoms with Crippen molar-refractivity contribution in [3.05, 3.63) is 52.5 Å². The van der Waals surface area contributed by atoms with E-state index in [9.17, 15) is 0 Å². The lowest BCUT2D eigenvalue weighted by Gasteiger charge is -2.16. The number of hydrogen-bond donors (Lipinski definition) is 1. The predicted molar refractivity (Wildman–Crippen MR) is 71.9 cm³/mol. The number of aryl methyl sites for hydroxylation is 3. The van der Waals surface area contributed by atoms with E-state index in [1.165, 1.54) is 0 Å². The van der Waals surface area contributed by atoms with Gasteiger partial charge < -0.3 is 14.9 Å². The average molecular weight is 245 g/mol. The van der Waals surface area contributed by atoms with Crippen LogP contribution in [0.5, 0.6) is 5.75 Å². The van der Waals surface area contributed by atoms with Gasteiger partial charge in [-0.05, 0) is 55.2 Å². The smallest absolute Gasteiger partial charge is 0.127 e. The Morgan fingerprint density at radius 2 is 1.83 bits per heavy atom. The van der Waals surface area contributed by atoms with Gasteiger partial charge in [-0.1, -0.05) is 6.07 Å². The molecule has 2 aromatic rings. The summed E-state index contributed by atoms with van der Waals surface area (Å²) in [6.07, 6.45) is 1.68. The molecule has 0 aliphatic heterocycles. The molecule has 0 aliphatic carbocycles. The zero-order valence-corrected chi connectivity index (χ0v) is 11.3. The van der Waals surface area contributed by atoms with Crippen LogP contribution in [0.25, 0.3) is 0 Å². The first-order valence-electron chi connectivity index (χ1n) is 5.99. The SMILES string of the molecule is COc1cc(C)c(C(N)c2occc2C)cc1C. The fourth-order valence-electron chi connectivity index (χ4n) is 2.21. The van der Waals surface area contributed by atoms with E-state index in [2.05, 4.69) is 6.07 Å². The van der Waals surface area contributed by atoms with E-state index in [1.54, 1.807) is 13.4 Å². The van der Waals surface area contributed by atoms with Crippen molar-refractivity contribution in [2.45, 2.75) is 26.8 Å². The van der Waals surface area contributed by atoms with Crippen molar-refractivity contribution >= 4 is 0 Å². The summed E-state index contributed by atoms with van der Waals surface area (Å²) in [7, 11) is 1.68. The van der Waals surface area contributed by atoms with Crippen molar-refractivity contribution in [3.63, 3.8) is 0 Å². The van der Waals surface area contributed by atoms with E-state index < -0.39 is 0 Å². The number of benzene rings is 1. The Morgan fingerprint density at radius 1 is 1.11 bits per heavy atom. The molecule has 0 spiro atoms. The van der Waals surface area contributed by atoms with Gasteiger partial charge in [0.15, 0.2) is 0 Å². The molecule has 1 heterocycles. The zero-order chi connectivity index (χ0) is 13.3. The van der Waals surface area contributed by atoms with Crippen molar-refractivity contribution < 1.29 is 9.15 Å². The van der Waals surface area contributed by atoms with Crippen molar-refractivity contribution in [1.29, 1.82) is 0 Å². The maximum atomic E-state index is 6.29. The standard InChI is InChI=1S/C15H19NO2/c1-9-5-6-18-15(9)14(16)12-7-11(3)13(17-4)8-10(12)2/h5-8,14H,16H2,1-4H3. The molecule has 0 amide bonds. The van der Waals surface area contributed by atoms with Crippen molar-refractivity contribution in [2.24, 2.45) is 5.73 Å². The lowest BCUT2D eigenvalue weighted by atomic mass is 9.96. The van der Waals surface area contributed by atoms with Gasteiger partial charge in [-0.2, -0.15) is 0 Å². The number of ether oxygens (including phenoxy) is 1. The Balaban J connectivity index is 2.46. The van der Waals surface area contributed by atoms with Gasteiger partial charge in [0, 0.05) is 0 Å². The third kappa shape index (κ3) is 2.14. The summed E-state index contributed by atoms with van der Waals surface area (Å²) < 4.78 is 10.8. The van der Waals surface area contributed by atoms with Gasteiger partial charge >= 0.3 is 0 Å². The molecule has 2 N–H and O–H groups in total. The summed E-state index contributed by atoms with van der Waals surface area (Å²) in [6, 6.07) is 5.79. The molecule has 96 valence electrons. The average Bonchev–Trinajstić information content (AvgIpc) is 2.77. The second-order valence-electron chi connectivity index (χ2n) is 4.62. The van der Waals surface area contributed by atoms with Crippen LogP contribution in [0.2, 0.25) is 0 Å². The van der Waals surface area contributed by atoms with Gasteiger partial charge in [0.1, 0.15) is 11.5 Å². The summed E-state index contributed by atoms with van der Waals surface area (Å²) in [6.45, 7) is 6.06. The molecular formula is C15H19NO2. The molecule has 1 unspecified atom stereocenters. The molecule has 1 atom stereocenters. The van der Waals surface area contributed by atoms with Crippen LogP contribution in [0.4, 0.5) is 0 Å². The van der Waals surface area contributed by atoms with Gasteiger partial charge in [-0.15, -0.1) is 0 Å². The van der Waals surface area contributed by atoms with Crippen LogP contribution in [0, 0.1) is 20.8 Å². The molecule has 2 rings (SSSR count). The van der Waals surface area contributed by atoms with E-state index in [4.69, 9.17) is 14.9 Å². The highest BCUT2D eigenvalue weighted by atomic mass is 16.5. The van der Waals surface area contributed by atoms with Crippen molar-refractivity contribution in [2.75, 3.05) is 7.11 Å². The second-order valence-corrected chi connectivity index (χ2v) is 4.62. The van der Waals surface area contributed by atoms with Crippen molar-refractivity contribution in [1.82, 2.24) is 0 Å². The number of hydrogen-bond acceptors (Lipinski definition) is 3. The number of furan rings is 1. The van der Waals surface area contributed by atoms with E-state index >= 15 is 0 Å². The van der Waals surface area contributed by atoms with Crippen LogP contribution in [0.15, 0.2) is 28.9 Å². The molecule has 0 aliphatic rings. The number of methoxy groups -OCH3 is 1. The highest BCUT2D eigenvalue weighted by Gasteiger charge is 2.18. The summed E-state index contributed by atoms with van der Waals surface area (Å²) in [4.78, 5) is 0. The second kappa shape index (κ2) is 4.86. The third-order valence-corrected chi connectivity index (χ3v) is 3.30. The van der Waals surface area contributed by atoms with Crippen LogP contribution in [0.3, 0.4) is 0 Å². The molecule has 3 heteroatoms. The fraction of sp³-hybridized carbons (Fsp3) is 0.333. The summed E-state index contributed by atoms with van der Waals surface area (Å²) in [5.74, 6) is 1.71. The first-order chi connectivity index (χ1) is 8.54. The van der Waals surface area contributed by atoms with Gasteiger partial charge in [0.2, 0.25) is 0 Å². The quantitative estimate of drug-likeness (QED) is 0.902. The normalized spacial score (nSPS) is 12.5. The molecule has 0 radical (unpaired) electrons. The largest absolute Gasteiger partial charge is 0.496 e. The first kappa shape index (κ1) is 12.7. The van der Waals surface area contributed by atoms with E-state index in [1.807, 2.05) is 32.9 Å². The number of rotatable bonds is 3. The van der Waals surface area contributed by atoms with E-state index in [0.29, 0.717) is 0 Å². The maximum Gasteiger partial charge on any atom is 0.127 e. The van der Waals surface area contributed by atoms with E-state index in [-0.39, 0.29) is 6.04 Å².